The van der Waals surface area contributed by atoms with Crippen LogP contribution in [0.4, 0.5) is 5.13 Å². The van der Waals surface area contributed by atoms with Crippen molar-refractivity contribution in [1.29, 1.82) is 0 Å². The Balaban J connectivity index is 1.74. The van der Waals surface area contributed by atoms with Crippen molar-refractivity contribution in [2.24, 2.45) is 0 Å². The normalized spacial score (nSPS) is 12.0. The van der Waals surface area contributed by atoms with Crippen LogP contribution in [0, 0.1) is 0 Å². The molecule has 0 amide bonds. The minimum absolute atomic E-state index is 0.103. The van der Waals surface area contributed by atoms with Crippen molar-refractivity contribution in [1.82, 2.24) is 4.98 Å². The van der Waals surface area contributed by atoms with Gasteiger partial charge in [-0.15, -0.1) is 11.3 Å². The fourth-order valence-corrected chi connectivity index (χ4v) is 4.69. The topological polar surface area (TPSA) is 88.5 Å². The summed E-state index contributed by atoms with van der Waals surface area (Å²) in [6.07, 6.45) is 1.00. The van der Waals surface area contributed by atoms with E-state index >= 15 is 0 Å². The molecule has 1 aromatic heterocycles. The van der Waals surface area contributed by atoms with Crippen LogP contribution in [-0.4, -0.2) is 18.5 Å². The number of anilines is 1. The number of nitrogens with one attached hydrogen (secondary N) is 1. The molecule has 148 valence electrons. The maximum absolute atomic E-state index is 12.6. The van der Waals surface area contributed by atoms with Crippen LogP contribution in [0.3, 0.4) is 0 Å². The molecule has 28 heavy (non-hydrogen) atoms. The average Bonchev–Trinajstić information content (AvgIpc) is 3.17. The van der Waals surface area contributed by atoms with Crippen molar-refractivity contribution >= 4 is 26.5 Å². The van der Waals surface area contributed by atoms with Crippen molar-refractivity contribution in [3.05, 3.63) is 65.7 Å². The Labute approximate surface area is 168 Å². The molecule has 6 nitrogen and oxygen atoms in total. The molecule has 0 spiro atoms. The zero-order chi connectivity index (χ0) is 20.2. The second-order valence-electron chi connectivity index (χ2n) is 6.27. The van der Waals surface area contributed by atoms with Crippen LogP contribution in [0.5, 0.6) is 11.5 Å². The number of sulfonamides is 1. The summed E-state index contributed by atoms with van der Waals surface area (Å²) in [6.45, 7) is 3.73. The number of aliphatic hydroxyl groups is 1. The quantitative estimate of drug-likeness (QED) is 0.551. The molecule has 0 aliphatic heterocycles. The second kappa shape index (κ2) is 8.30. The van der Waals surface area contributed by atoms with Crippen LogP contribution in [0.15, 0.2) is 64.9 Å². The molecule has 0 saturated heterocycles. The van der Waals surface area contributed by atoms with Crippen LogP contribution in [-0.2, 0) is 15.6 Å². The number of thiazole rings is 1. The Morgan fingerprint density at radius 1 is 1.04 bits per heavy atom. The summed E-state index contributed by atoms with van der Waals surface area (Å²) in [5.41, 5.74) is -0.566. The molecule has 0 bridgehead atoms. The van der Waals surface area contributed by atoms with Crippen LogP contribution >= 0.6 is 11.3 Å². The molecular weight excluding hydrogens is 396 g/mol. The van der Waals surface area contributed by atoms with Crippen LogP contribution in [0.25, 0.3) is 0 Å². The molecule has 0 atom stereocenters. The summed E-state index contributed by atoms with van der Waals surface area (Å²) in [5, 5.41) is 12.4. The highest BCUT2D eigenvalue weighted by Crippen LogP contribution is 2.32. The molecule has 0 aliphatic rings. The third-order valence-corrected chi connectivity index (χ3v) is 6.73. The number of hydrogen-bond donors (Lipinski definition) is 2. The van der Waals surface area contributed by atoms with Crippen molar-refractivity contribution in [2.75, 3.05) is 4.72 Å². The molecule has 0 saturated carbocycles. The standard InChI is InChI=1S/C20H22N2O4S2/c1-3-20(23,4-2)18-14-27-19(21-18)22-28(24,25)17-12-10-16(11-13-17)26-15-8-6-5-7-9-15/h5-14,23H,3-4H2,1-2H3,(H,21,22). The molecule has 1 heterocycles. The molecule has 0 aliphatic carbocycles. The van der Waals surface area contributed by atoms with Gasteiger partial charge in [-0.1, -0.05) is 32.0 Å². The number of para-hydroxylation sites is 1. The predicted molar refractivity (Wildman–Crippen MR) is 110 cm³/mol. The smallest absolute Gasteiger partial charge is 0.263 e. The fraction of sp³-hybridized carbons (Fsp3) is 0.250. The summed E-state index contributed by atoms with van der Waals surface area (Å²) in [5.74, 6) is 1.21. The number of aromatic nitrogens is 1. The molecule has 0 fully saturated rings. The first-order valence-electron chi connectivity index (χ1n) is 8.90. The first-order chi connectivity index (χ1) is 13.4. The van der Waals surface area contributed by atoms with Crippen molar-refractivity contribution in [2.45, 2.75) is 37.2 Å². The van der Waals surface area contributed by atoms with E-state index in [4.69, 9.17) is 4.74 Å². The summed E-state index contributed by atoms with van der Waals surface area (Å²) >= 11 is 1.15. The lowest BCUT2D eigenvalue weighted by molar-refractivity contribution is 0.0247. The van der Waals surface area contributed by atoms with E-state index in [1.165, 1.54) is 12.1 Å². The van der Waals surface area contributed by atoms with Gasteiger partial charge in [-0.25, -0.2) is 13.4 Å². The highest BCUT2D eigenvalue weighted by molar-refractivity contribution is 7.93. The van der Waals surface area contributed by atoms with Gasteiger partial charge in [-0.2, -0.15) is 0 Å². The van der Waals surface area contributed by atoms with Gasteiger partial charge in [0.15, 0.2) is 5.13 Å². The van der Waals surface area contributed by atoms with Gasteiger partial charge >= 0.3 is 0 Å². The first-order valence-corrected chi connectivity index (χ1v) is 11.3. The lowest BCUT2D eigenvalue weighted by atomic mass is 9.94. The number of hydrogen-bond acceptors (Lipinski definition) is 6. The Bertz CT molecular complexity index is 1010. The zero-order valence-electron chi connectivity index (χ0n) is 15.6. The molecule has 3 aromatic rings. The molecule has 0 unspecified atom stereocenters. The third kappa shape index (κ3) is 4.52. The summed E-state index contributed by atoms with van der Waals surface area (Å²) in [7, 11) is -3.79. The molecule has 8 heteroatoms. The largest absolute Gasteiger partial charge is 0.457 e. The van der Waals surface area contributed by atoms with E-state index in [-0.39, 0.29) is 10.0 Å². The molecular formula is C20H22N2O4S2. The summed E-state index contributed by atoms with van der Waals surface area (Å²) in [6, 6.07) is 15.4. The maximum Gasteiger partial charge on any atom is 0.263 e. The Hall–Kier alpha value is -2.42. The second-order valence-corrected chi connectivity index (χ2v) is 8.81. The van der Waals surface area contributed by atoms with Gasteiger partial charge in [0.05, 0.1) is 10.6 Å². The third-order valence-electron chi connectivity index (χ3n) is 4.49. The van der Waals surface area contributed by atoms with Crippen molar-refractivity contribution in [3.63, 3.8) is 0 Å². The van der Waals surface area contributed by atoms with Crippen molar-refractivity contribution < 1.29 is 18.3 Å². The average molecular weight is 419 g/mol. The molecule has 2 N–H and O–H groups in total. The van der Waals surface area contributed by atoms with Gasteiger partial charge in [-0.05, 0) is 49.2 Å². The number of benzene rings is 2. The molecule has 3 rings (SSSR count). The van der Waals surface area contributed by atoms with E-state index in [1.54, 1.807) is 17.5 Å². The van der Waals surface area contributed by atoms with Gasteiger partial charge < -0.3 is 9.84 Å². The molecule has 0 radical (unpaired) electrons. The highest BCUT2D eigenvalue weighted by Gasteiger charge is 2.28. The van der Waals surface area contributed by atoms with E-state index in [0.717, 1.165) is 11.3 Å². The number of nitrogens with zero attached hydrogens (tertiary/aromatic N) is 1. The number of rotatable bonds is 8. The van der Waals surface area contributed by atoms with Crippen molar-refractivity contribution in [3.8, 4) is 11.5 Å². The zero-order valence-corrected chi connectivity index (χ0v) is 17.3. The lowest BCUT2D eigenvalue weighted by Crippen LogP contribution is -2.24. The number of ether oxygens (including phenoxy) is 1. The van der Waals surface area contributed by atoms with E-state index < -0.39 is 15.6 Å². The highest BCUT2D eigenvalue weighted by atomic mass is 32.2. The summed E-state index contributed by atoms with van der Waals surface area (Å²) < 4.78 is 33.4. The molecule has 2 aromatic carbocycles. The Morgan fingerprint density at radius 2 is 1.64 bits per heavy atom. The summed E-state index contributed by atoms with van der Waals surface area (Å²) in [4.78, 5) is 4.36. The van der Waals surface area contributed by atoms with E-state index in [1.807, 2.05) is 44.2 Å². The lowest BCUT2D eigenvalue weighted by Gasteiger charge is -2.22. The minimum atomic E-state index is -3.79. The minimum Gasteiger partial charge on any atom is -0.457 e. The Morgan fingerprint density at radius 3 is 2.25 bits per heavy atom. The van der Waals surface area contributed by atoms with Crippen LogP contribution in [0.2, 0.25) is 0 Å². The van der Waals surface area contributed by atoms with Gasteiger partial charge in [0.2, 0.25) is 0 Å². The van der Waals surface area contributed by atoms with E-state index in [2.05, 4.69) is 9.71 Å². The van der Waals surface area contributed by atoms with Gasteiger partial charge in [0.1, 0.15) is 17.1 Å². The maximum atomic E-state index is 12.6. The monoisotopic (exact) mass is 418 g/mol. The first kappa shape index (κ1) is 20.3. The SMILES string of the molecule is CCC(O)(CC)c1csc(NS(=O)(=O)c2ccc(Oc3ccccc3)cc2)n1. The Kier molecular flexibility index (Phi) is 6.02. The van der Waals surface area contributed by atoms with E-state index in [9.17, 15) is 13.5 Å². The van der Waals surface area contributed by atoms with Crippen LogP contribution < -0.4 is 9.46 Å². The fourth-order valence-electron chi connectivity index (χ4n) is 2.63. The predicted octanol–water partition coefficient (Wildman–Crippen LogP) is 4.74. The van der Waals surface area contributed by atoms with E-state index in [0.29, 0.717) is 30.0 Å². The van der Waals surface area contributed by atoms with Gasteiger partial charge in [-0.3, -0.25) is 4.72 Å². The van der Waals surface area contributed by atoms with Crippen LogP contribution in [0.1, 0.15) is 32.4 Å². The van der Waals surface area contributed by atoms with Gasteiger partial charge in [0.25, 0.3) is 10.0 Å². The van der Waals surface area contributed by atoms with Gasteiger partial charge in [0, 0.05) is 5.38 Å².